The van der Waals surface area contributed by atoms with Gasteiger partial charge in [0.2, 0.25) is 5.78 Å². The smallest absolute Gasteiger partial charge is 0.325 e. The van der Waals surface area contributed by atoms with Gasteiger partial charge in [-0.3, -0.25) is 14.4 Å². The number of likely N-dealkylation sites (N-methyl/N-ethyl adjacent to an activating group) is 1. The third-order valence-corrected chi connectivity index (χ3v) is 2.17. The van der Waals surface area contributed by atoms with Gasteiger partial charge in [0.1, 0.15) is 6.54 Å². The van der Waals surface area contributed by atoms with Gasteiger partial charge in [0.05, 0.1) is 7.11 Å². The number of esters is 1. The maximum absolute atomic E-state index is 11.7. The van der Waals surface area contributed by atoms with Crippen LogP contribution in [-0.4, -0.2) is 43.3 Å². The molecule has 0 fully saturated rings. The van der Waals surface area contributed by atoms with Crippen LogP contribution in [0.1, 0.15) is 10.4 Å². The summed E-state index contributed by atoms with van der Waals surface area (Å²) in [5, 5.41) is 0. The van der Waals surface area contributed by atoms with Gasteiger partial charge in [-0.05, 0) is 0 Å². The zero-order chi connectivity index (χ0) is 12.8. The number of carbonyl (C=O) groups is 3. The number of nitrogens with zero attached hydrogens (tertiary/aromatic N) is 1. The van der Waals surface area contributed by atoms with Crippen molar-refractivity contribution in [1.29, 1.82) is 0 Å². The number of benzene rings is 1. The first kappa shape index (κ1) is 12.9. The van der Waals surface area contributed by atoms with E-state index in [0.717, 1.165) is 4.90 Å². The zero-order valence-electron chi connectivity index (χ0n) is 9.67. The molecule has 0 saturated heterocycles. The summed E-state index contributed by atoms with van der Waals surface area (Å²) >= 11 is 0. The average Bonchev–Trinajstić information content (AvgIpc) is 2.37. The lowest BCUT2D eigenvalue weighted by Gasteiger charge is -2.14. The summed E-state index contributed by atoms with van der Waals surface area (Å²) < 4.78 is 4.41. The number of hydrogen-bond acceptors (Lipinski definition) is 4. The fraction of sp³-hybridized carbons (Fsp3) is 0.250. The molecule has 0 saturated carbocycles. The number of amides is 1. The molecular formula is C12H13NO4. The Bertz CT molecular complexity index is 427. The minimum absolute atomic E-state index is 0.242. The molecule has 1 rings (SSSR count). The summed E-state index contributed by atoms with van der Waals surface area (Å²) in [6.45, 7) is -0.242. The molecule has 0 aliphatic rings. The SMILES string of the molecule is COC(=O)CN(C)C(=O)C(=O)c1ccccc1. The fourth-order valence-corrected chi connectivity index (χ4v) is 1.22. The third-order valence-electron chi connectivity index (χ3n) is 2.17. The van der Waals surface area contributed by atoms with Crippen molar-refractivity contribution >= 4 is 17.7 Å². The summed E-state index contributed by atoms with van der Waals surface area (Å²) in [5.74, 6) is -1.94. The molecule has 0 heterocycles. The number of rotatable bonds is 4. The van der Waals surface area contributed by atoms with Crippen molar-refractivity contribution in [3.8, 4) is 0 Å². The van der Waals surface area contributed by atoms with Gasteiger partial charge in [0.25, 0.3) is 5.91 Å². The number of hydrogen-bond donors (Lipinski definition) is 0. The van der Waals surface area contributed by atoms with Crippen LogP contribution in [0.2, 0.25) is 0 Å². The maximum atomic E-state index is 11.7. The highest BCUT2D eigenvalue weighted by Crippen LogP contribution is 2.02. The molecule has 0 aliphatic heterocycles. The van der Waals surface area contributed by atoms with Gasteiger partial charge in [-0.1, -0.05) is 30.3 Å². The van der Waals surface area contributed by atoms with Gasteiger partial charge in [0, 0.05) is 12.6 Å². The molecule has 0 spiro atoms. The van der Waals surface area contributed by atoms with Crippen LogP contribution in [0.25, 0.3) is 0 Å². The van der Waals surface area contributed by atoms with E-state index in [2.05, 4.69) is 4.74 Å². The molecule has 1 amide bonds. The van der Waals surface area contributed by atoms with Gasteiger partial charge in [0.15, 0.2) is 0 Å². The van der Waals surface area contributed by atoms with Gasteiger partial charge in [-0.2, -0.15) is 0 Å². The highest BCUT2D eigenvalue weighted by atomic mass is 16.5. The molecule has 0 aliphatic carbocycles. The molecule has 90 valence electrons. The Labute approximate surface area is 99.0 Å². The van der Waals surface area contributed by atoms with Crippen LogP contribution in [0.15, 0.2) is 30.3 Å². The Morgan fingerprint density at radius 2 is 1.76 bits per heavy atom. The number of Topliss-reactive ketones (excluding diaryl/α,β-unsaturated/α-hetero) is 1. The molecular weight excluding hydrogens is 222 g/mol. The third kappa shape index (κ3) is 3.41. The summed E-state index contributed by atoms with van der Waals surface area (Å²) in [4.78, 5) is 35.4. The lowest BCUT2D eigenvalue weighted by atomic mass is 10.1. The van der Waals surface area contributed by atoms with Crippen molar-refractivity contribution in [1.82, 2.24) is 4.90 Å². The average molecular weight is 235 g/mol. The Hall–Kier alpha value is -2.17. The summed E-state index contributed by atoms with van der Waals surface area (Å²) in [5.41, 5.74) is 0.300. The number of carbonyl (C=O) groups excluding carboxylic acids is 3. The highest BCUT2D eigenvalue weighted by Gasteiger charge is 2.21. The lowest BCUT2D eigenvalue weighted by Crippen LogP contribution is -2.37. The summed E-state index contributed by atoms with van der Waals surface area (Å²) in [6.07, 6.45) is 0. The molecule has 1 aromatic rings. The summed E-state index contributed by atoms with van der Waals surface area (Å²) in [6, 6.07) is 8.18. The van der Waals surface area contributed by atoms with Crippen molar-refractivity contribution in [3.05, 3.63) is 35.9 Å². The van der Waals surface area contributed by atoms with Crippen molar-refractivity contribution in [2.75, 3.05) is 20.7 Å². The Balaban J connectivity index is 2.71. The molecule has 0 unspecified atom stereocenters. The first-order valence-corrected chi connectivity index (χ1v) is 4.98. The van der Waals surface area contributed by atoms with E-state index in [0.29, 0.717) is 5.56 Å². The van der Waals surface area contributed by atoms with Gasteiger partial charge < -0.3 is 9.64 Å². The first-order chi connectivity index (χ1) is 8.06. The van der Waals surface area contributed by atoms with Crippen LogP contribution in [0.5, 0.6) is 0 Å². The lowest BCUT2D eigenvalue weighted by molar-refractivity contribution is -0.144. The second-order valence-electron chi connectivity index (χ2n) is 3.43. The van der Waals surface area contributed by atoms with E-state index in [1.807, 2.05) is 0 Å². The molecule has 0 atom stereocenters. The topological polar surface area (TPSA) is 63.7 Å². The van der Waals surface area contributed by atoms with E-state index in [1.54, 1.807) is 30.3 Å². The van der Waals surface area contributed by atoms with E-state index in [9.17, 15) is 14.4 Å². The maximum Gasteiger partial charge on any atom is 0.325 e. The predicted molar refractivity (Wildman–Crippen MR) is 60.4 cm³/mol. The van der Waals surface area contributed by atoms with Crippen LogP contribution in [-0.2, 0) is 14.3 Å². The van der Waals surface area contributed by atoms with E-state index in [-0.39, 0.29) is 6.54 Å². The van der Waals surface area contributed by atoms with Crippen LogP contribution in [0, 0.1) is 0 Å². The fourth-order valence-electron chi connectivity index (χ4n) is 1.22. The minimum Gasteiger partial charge on any atom is -0.468 e. The van der Waals surface area contributed by atoms with Gasteiger partial charge in [-0.25, -0.2) is 0 Å². The monoisotopic (exact) mass is 235 g/mol. The molecule has 0 N–H and O–H groups in total. The predicted octanol–water partition coefficient (Wildman–Crippen LogP) is 0.501. The number of ether oxygens (including phenoxy) is 1. The largest absolute Gasteiger partial charge is 0.468 e. The standard InChI is InChI=1S/C12H13NO4/c1-13(8-10(14)17-2)12(16)11(15)9-6-4-3-5-7-9/h3-7H,8H2,1-2H3. The molecule has 5 nitrogen and oxygen atoms in total. The van der Waals surface area contributed by atoms with Crippen LogP contribution in [0.3, 0.4) is 0 Å². The second-order valence-corrected chi connectivity index (χ2v) is 3.43. The number of methoxy groups -OCH3 is 1. The molecule has 0 bridgehead atoms. The van der Waals surface area contributed by atoms with Crippen molar-refractivity contribution in [2.24, 2.45) is 0 Å². The van der Waals surface area contributed by atoms with E-state index >= 15 is 0 Å². The molecule has 1 aromatic carbocycles. The van der Waals surface area contributed by atoms with Crippen molar-refractivity contribution in [2.45, 2.75) is 0 Å². The van der Waals surface area contributed by atoms with E-state index in [4.69, 9.17) is 0 Å². The molecule has 0 aromatic heterocycles. The zero-order valence-corrected chi connectivity index (χ0v) is 9.67. The quantitative estimate of drug-likeness (QED) is 0.433. The number of ketones is 1. The van der Waals surface area contributed by atoms with E-state index in [1.165, 1.54) is 14.2 Å². The van der Waals surface area contributed by atoms with Gasteiger partial charge >= 0.3 is 5.97 Å². The van der Waals surface area contributed by atoms with Crippen molar-refractivity contribution in [3.63, 3.8) is 0 Å². The van der Waals surface area contributed by atoms with Crippen LogP contribution >= 0.6 is 0 Å². The van der Waals surface area contributed by atoms with Gasteiger partial charge in [-0.15, -0.1) is 0 Å². The second kappa shape index (κ2) is 5.79. The highest BCUT2D eigenvalue weighted by molar-refractivity contribution is 6.42. The summed E-state index contributed by atoms with van der Waals surface area (Å²) in [7, 11) is 2.60. The Morgan fingerprint density at radius 3 is 2.29 bits per heavy atom. The first-order valence-electron chi connectivity index (χ1n) is 4.98. The van der Waals surface area contributed by atoms with Crippen molar-refractivity contribution < 1.29 is 19.1 Å². The van der Waals surface area contributed by atoms with E-state index < -0.39 is 17.7 Å². The van der Waals surface area contributed by atoms with Crippen LogP contribution < -0.4 is 0 Å². The Morgan fingerprint density at radius 1 is 1.18 bits per heavy atom. The minimum atomic E-state index is -0.735. The molecule has 5 heteroatoms. The van der Waals surface area contributed by atoms with Crippen LogP contribution in [0.4, 0.5) is 0 Å². The normalized spacial score (nSPS) is 9.53. The molecule has 0 radical (unpaired) electrons. The Kier molecular flexibility index (Phi) is 4.39. The molecule has 17 heavy (non-hydrogen) atoms.